The number of nitrogens with zero attached hydrogens (tertiary/aromatic N) is 1. The van der Waals surface area contributed by atoms with Crippen LogP contribution in [0.4, 0.5) is 0 Å². The second kappa shape index (κ2) is 8.53. The number of nitrogens with one attached hydrogen (secondary N) is 1. The third-order valence-corrected chi connectivity index (χ3v) is 5.70. The lowest BCUT2D eigenvalue weighted by Gasteiger charge is -2.38. The van der Waals surface area contributed by atoms with Crippen molar-refractivity contribution < 1.29 is 0 Å². The van der Waals surface area contributed by atoms with Crippen molar-refractivity contribution in [3.05, 3.63) is 0 Å². The first kappa shape index (κ1) is 17.3. The molecule has 2 rings (SSSR count). The van der Waals surface area contributed by atoms with Crippen LogP contribution in [0.1, 0.15) is 78.1 Å². The fourth-order valence-electron chi connectivity index (χ4n) is 4.56. The molecule has 2 aliphatic carbocycles. The molecule has 0 radical (unpaired) electrons. The van der Waals surface area contributed by atoms with Crippen LogP contribution in [0, 0.1) is 11.3 Å². The lowest BCUT2D eigenvalue weighted by molar-refractivity contribution is 0.131. The molecular formula is C19H38N2. The Kier molecular flexibility index (Phi) is 7.01. The van der Waals surface area contributed by atoms with Crippen LogP contribution in [0.15, 0.2) is 0 Å². The zero-order chi connectivity index (χ0) is 15.1. The van der Waals surface area contributed by atoms with Crippen LogP contribution in [0.5, 0.6) is 0 Å². The Morgan fingerprint density at radius 2 is 1.62 bits per heavy atom. The Balaban J connectivity index is 1.89. The molecule has 2 nitrogen and oxygen atoms in total. The molecule has 124 valence electrons. The molecule has 0 amide bonds. The van der Waals surface area contributed by atoms with E-state index in [0.29, 0.717) is 11.5 Å². The van der Waals surface area contributed by atoms with Crippen LogP contribution in [0.3, 0.4) is 0 Å². The van der Waals surface area contributed by atoms with E-state index >= 15 is 0 Å². The Hall–Kier alpha value is -0.0800. The number of rotatable bonds is 7. The molecule has 0 aromatic rings. The highest BCUT2D eigenvalue weighted by atomic mass is 15.1. The topological polar surface area (TPSA) is 15.3 Å². The van der Waals surface area contributed by atoms with Crippen molar-refractivity contribution in [3.63, 3.8) is 0 Å². The maximum atomic E-state index is 3.76. The van der Waals surface area contributed by atoms with Gasteiger partial charge in [-0.05, 0) is 44.1 Å². The van der Waals surface area contributed by atoms with Crippen molar-refractivity contribution in [3.8, 4) is 0 Å². The molecule has 0 aromatic carbocycles. The summed E-state index contributed by atoms with van der Waals surface area (Å²) in [6, 6.07) is 0.616. The molecule has 2 saturated carbocycles. The third-order valence-electron chi connectivity index (χ3n) is 5.70. The normalized spacial score (nSPS) is 23.9. The summed E-state index contributed by atoms with van der Waals surface area (Å²) in [5, 5.41) is 3.76. The van der Waals surface area contributed by atoms with Gasteiger partial charge in [-0.15, -0.1) is 0 Å². The van der Waals surface area contributed by atoms with Crippen LogP contribution in [-0.2, 0) is 0 Å². The van der Waals surface area contributed by atoms with Gasteiger partial charge in [0.05, 0.1) is 0 Å². The standard InChI is InChI=1S/C19H38N2/c1-17(2)20-15-19(12-8-4-5-9-13-19)16-21(3)14-18-10-6-7-11-18/h17-18,20H,4-16H2,1-3H3. The van der Waals surface area contributed by atoms with Crippen LogP contribution in [0.2, 0.25) is 0 Å². The average Bonchev–Trinajstić information content (AvgIpc) is 2.82. The number of hydrogen-bond acceptors (Lipinski definition) is 2. The maximum absolute atomic E-state index is 3.76. The van der Waals surface area contributed by atoms with Crippen molar-refractivity contribution >= 4 is 0 Å². The summed E-state index contributed by atoms with van der Waals surface area (Å²) in [5.41, 5.74) is 0.536. The Labute approximate surface area is 133 Å². The van der Waals surface area contributed by atoms with E-state index in [2.05, 4.69) is 31.1 Å². The summed E-state index contributed by atoms with van der Waals surface area (Å²) in [7, 11) is 2.38. The fourth-order valence-corrected chi connectivity index (χ4v) is 4.56. The van der Waals surface area contributed by atoms with Gasteiger partial charge >= 0.3 is 0 Å². The van der Waals surface area contributed by atoms with Crippen molar-refractivity contribution in [1.29, 1.82) is 0 Å². The zero-order valence-electron chi connectivity index (χ0n) is 14.8. The molecule has 0 unspecified atom stereocenters. The van der Waals surface area contributed by atoms with Gasteiger partial charge in [0.2, 0.25) is 0 Å². The molecule has 0 bridgehead atoms. The van der Waals surface area contributed by atoms with E-state index in [-0.39, 0.29) is 0 Å². The van der Waals surface area contributed by atoms with Gasteiger partial charge in [0.1, 0.15) is 0 Å². The van der Waals surface area contributed by atoms with Crippen molar-refractivity contribution in [2.24, 2.45) is 11.3 Å². The first-order valence-electron chi connectivity index (χ1n) is 9.52. The van der Waals surface area contributed by atoms with Gasteiger partial charge in [-0.3, -0.25) is 0 Å². The summed E-state index contributed by atoms with van der Waals surface area (Å²) in [5.74, 6) is 0.982. The van der Waals surface area contributed by atoms with Gasteiger partial charge in [-0.25, -0.2) is 0 Å². The maximum Gasteiger partial charge on any atom is 0.00472 e. The first-order valence-corrected chi connectivity index (χ1v) is 9.52. The molecule has 0 heterocycles. The molecule has 0 spiro atoms. The van der Waals surface area contributed by atoms with E-state index < -0.39 is 0 Å². The van der Waals surface area contributed by atoms with Crippen molar-refractivity contribution in [1.82, 2.24) is 10.2 Å². The van der Waals surface area contributed by atoms with Crippen LogP contribution in [-0.4, -0.2) is 37.6 Å². The molecule has 21 heavy (non-hydrogen) atoms. The minimum Gasteiger partial charge on any atom is -0.314 e. The smallest absolute Gasteiger partial charge is 0.00472 e. The molecule has 2 fully saturated rings. The van der Waals surface area contributed by atoms with Gasteiger partial charge in [-0.1, -0.05) is 52.4 Å². The SMILES string of the molecule is CC(C)NCC1(CN(C)CC2CCCC2)CCCCCC1. The van der Waals surface area contributed by atoms with Crippen LogP contribution >= 0.6 is 0 Å². The lowest BCUT2D eigenvalue weighted by atomic mass is 9.79. The van der Waals surface area contributed by atoms with Gasteiger partial charge in [0.15, 0.2) is 0 Å². The fraction of sp³-hybridized carbons (Fsp3) is 1.00. The highest BCUT2D eigenvalue weighted by molar-refractivity contribution is 4.87. The molecule has 0 aromatic heterocycles. The quantitative estimate of drug-likeness (QED) is 0.698. The average molecular weight is 295 g/mol. The predicted molar refractivity (Wildman–Crippen MR) is 92.7 cm³/mol. The van der Waals surface area contributed by atoms with Crippen molar-refractivity contribution in [2.45, 2.75) is 84.1 Å². The highest BCUT2D eigenvalue weighted by Crippen LogP contribution is 2.36. The van der Waals surface area contributed by atoms with Gasteiger partial charge in [0, 0.05) is 25.7 Å². The Morgan fingerprint density at radius 3 is 2.19 bits per heavy atom. The van der Waals surface area contributed by atoms with E-state index in [4.69, 9.17) is 0 Å². The molecule has 1 N–H and O–H groups in total. The second-order valence-electron chi connectivity index (χ2n) is 8.30. The van der Waals surface area contributed by atoms with E-state index in [0.717, 1.165) is 5.92 Å². The first-order chi connectivity index (χ1) is 10.1. The van der Waals surface area contributed by atoms with Gasteiger partial charge in [0.25, 0.3) is 0 Å². The largest absolute Gasteiger partial charge is 0.314 e. The molecule has 0 atom stereocenters. The van der Waals surface area contributed by atoms with E-state index in [9.17, 15) is 0 Å². The monoisotopic (exact) mass is 294 g/mol. The zero-order valence-corrected chi connectivity index (χ0v) is 14.8. The minimum absolute atomic E-state index is 0.536. The third kappa shape index (κ3) is 5.90. The summed E-state index contributed by atoms with van der Waals surface area (Å²) < 4.78 is 0. The van der Waals surface area contributed by atoms with Crippen molar-refractivity contribution in [2.75, 3.05) is 26.7 Å². The molecular weight excluding hydrogens is 256 g/mol. The predicted octanol–water partition coefficient (Wildman–Crippen LogP) is 4.45. The lowest BCUT2D eigenvalue weighted by Crippen LogP contribution is -2.45. The van der Waals surface area contributed by atoms with E-state index in [1.807, 2.05) is 0 Å². The summed E-state index contributed by atoms with van der Waals surface area (Å²) >= 11 is 0. The van der Waals surface area contributed by atoms with Crippen LogP contribution < -0.4 is 5.32 Å². The summed E-state index contributed by atoms with van der Waals surface area (Å²) in [6.45, 7) is 8.44. The van der Waals surface area contributed by atoms with Gasteiger partial charge in [-0.2, -0.15) is 0 Å². The Morgan fingerprint density at radius 1 is 1.00 bits per heavy atom. The van der Waals surface area contributed by atoms with Gasteiger partial charge < -0.3 is 10.2 Å². The molecule has 0 saturated heterocycles. The Bertz CT molecular complexity index is 273. The minimum atomic E-state index is 0.536. The van der Waals surface area contributed by atoms with E-state index in [1.54, 1.807) is 0 Å². The second-order valence-corrected chi connectivity index (χ2v) is 8.30. The molecule has 2 aliphatic rings. The summed E-state index contributed by atoms with van der Waals surface area (Å²) in [4.78, 5) is 2.67. The highest BCUT2D eigenvalue weighted by Gasteiger charge is 2.32. The molecule has 2 heteroatoms. The molecule has 0 aliphatic heterocycles. The van der Waals surface area contributed by atoms with E-state index in [1.165, 1.54) is 83.8 Å². The van der Waals surface area contributed by atoms with Crippen LogP contribution in [0.25, 0.3) is 0 Å². The number of hydrogen-bond donors (Lipinski definition) is 1. The summed E-state index contributed by atoms with van der Waals surface area (Å²) in [6.07, 6.45) is 14.5.